The fraction of sp³-hybridized carbons (Fsp3) is 0.750. The molecule has 0 saturated carbocycles. The summed E-state index contributed by atoms with van der Waals surface area (Å²) in [5, 5.41) is 4.17. The van der Waals surface area contributed by atoms with Crippen molar-refractivity contribution in [3.05, 3.63) is 5.82 Å². The van der Waals surface area contributed by atoms with E-state index < -0.39 is 0 Å². The molecule has 13 heavy (non-hydrogen) atoms. The lowest BCUT2D eigenvalue weighted by molar-refractivity contribution is 0.894. The number of thioether (sulfide) groups is 1. The molecule has 0 saturated heterocycles. The van der Waals surface area contributed by atoms with Gasteiger partial charge in [0.05, 0.1) is 5.75 Å². The Labute approximate surface area is 87.5 Å². The van der Waals surface area contributed by atoms with Gasteiger partial charge in [0.25, 0.3) is 0 Å². The molecule has 0 fully saturated rings. The lowest BCUT2D eigenvalue weighted by atomic mass is 10.4. The Balaban J connectivity index is 2.44. The van der Waals surface area contributed by atoms with Crippen LogP contribution in [0.25, 0.3) is 0 Å². The highest BCUT2D eigenvalue weighted by Gasteiger charge is 2.03. The fourth-order valence-corrected chi connectivity index (χ4v) is 2.14. The standard InChI is InChI=1S/C8H15N3S2/c1-4-12-5-7-10-8(13-11-7)9-6(2)3/h6H,4-5H2,1-3H3,(H,9,10,11). The number of rotatable bonds is 5. The molecule has 5 heteroatoms. The molecule has 1 aromatic rings. The van der Waals surface area contributed by atoms with Crippen LogP contribution in [-0.4, -0.2) is 21.2 Å². The van der Waals surface area contributed by atoms with E-state index in [-0.39, 0.29) is 0 Å². The minimum atomic E-state index is 0.430. The maximum atomic E-state index is 4.36. The Morgan fingerprint density at radius 1 is 1.54 bits per heavy atom. The van der Waals surface area contributed by atoms with Crippen LogP contribution in [0.15, 0.2) is 0 Å². The van der Waals surface area contributed by atoms with Crippen LogP contribution < -0.4 is 5.32 Å². The predicted octanol–water partition coefficient (Wildman–Crippen LogP) is 2.61. The normalized spacial score (nSPS) is 10.8. The number of nitrogens with zero attached hydrogens (tertiary/aromatic N) is 2. The van der Waals surface area contributed by atoms with Crippen LogP contribution in [0.1, 0.15) is 26.6 Å². The molecule has 74 valence electrons. The molecule has 1 N–H and O–H groups in total. The third-order valence-electron chi connectivity index (χ3n) is 1.32. The molecule has 0 radical (unpaired) electrons. The summed E-state index contributed by atoms with van der Waals surface area (Å²) in [7, 11) is 0. The summed E-state index contributed by atoms with van der Waals surface area (Å²) in [6.45, 7) is 6.34. The van der Waals surface area contributed by atoms with Gasteiger partial charge in [0.2, 0.25) is 5.13 Å². The van der Waals surface area contributed by atoms with Crippen molar-refractivity contribution in [2.75, 3.05) is 11.1 Å². The molecule has 0 aliphatic carbocycles. The van der Waals surface area contributed by atoms with Crippen LogP contribution in [0.5, 0.6) is 0 Å². The summed E-state index contributed by atoms with van der Waals surface area (Å²) in [4.78, 5) is 4.36. The lowest BCUT2D eigenvalue weighted by Crippen LogP contribution is -2.09. The van der Waals surface area contributed by atoms with Gasteiger partial charge >= 0.3 is 0 Å². The Bertz CT molecular complexity index is 247. The smallest absolute Gasteiger partial charge is 0.202 e. The van der Waals surface area contributed by atoms with Crippen molar-refractivity contribution in [2.45, 2.75) is 32.6 Å². The number of hydrogen-bond acceptors (Lipinski definition) is 5. The van der Waals surface area contributed by atoms with Crippen molar-refractivity contribution in [3.63, 3.8) is 0 Å². The largest absolute Gasteiger partial charge is 0.358 e. The van der Waals surface area contributed by atoms with E-state index in [1.165, 1.54) is 11.5 Å². The van der Waals surface area contributed by atoms with Gasteiger partial charge in [-0.25, -0.2) is 4.98 Å². The summed E-state index contributed by atoms with van der Waals surface area (Å²) >= 11 is 3.29. The zero-order valence-electron chi connectivity index (χ0n) is 8.20. The second-order valence-corrected chi connectivity index (χ2v) is 4.98. The minimum absolute atomic E-state index is 0.430. The third kappa shape index (κ3) is 3.95. The van der Waals surface area contributed by atoms with Crippen molar-refractivity contribution >= 4 is 28.4 Å². The average molecular weight is 217 g/mol. The van der Waals surface area contributed by atoms with Gasteiger partial charge in [-0.1, -0.05) is 6.92 Å². The van der Waals surface area contributed by atoms with E-state index in [0.29, 0.717) is 6.04 Å². The lowest BCUT2D eigenvalue weighted by Gasteiger charge is -2.03. The predicted molar refractivity (Wildman–Crippen MR) is 60.5 cm³/mol. The second-order valence-electron chi connectivity index (χ2n) is 2.95. The maximum absolute atomic E-state index is 4.36. The van der Waals surface area contributed by atoms with E-state index in [2.05, 4.69) is 35.4 Å². The zero-order valence-corrected chi connectivity index (χ0v) is 9.84. The molecular weight excluding hydrogens is 202 g/mol. The molecule has 0 amide bonds. The molecular formula is C8H15N3S2. The van der Waals surface area contributed by atoms with Crippen molar-refractivity contribution in [2.24, 2.45) is 0 Å². The van der Waals surface area contributed by atoms with Gasteiger partial charge < -0.3 is 5.32 Å². The van der Waals surface area contributed by atoms with Gasteiger partial charge in [0.1, 0.15) is 0 Å². The van der Waals surface area contributed by atoms with Crippen molar-refractivity contribution < 1.29 is 0 Å². The van der Waals surface area contributed by atoms with Crippen molar-refractivity contribution in [1.29, 1.82) is 0 Å². The summed E-state index contributed by atoms with van der Waals surface area (Å²) in [5.41, 5.74) is 0. The van der Waals surface area contributed by atoms with Gasteiger partial charge in [-0.3, -0.25) is 0 Å². The summed E-state index contributed by atoms with van der Waals surface area (Å²) in [6, 6.07) is 0.430. The van der Waals surface area contributed by atoms with Crippen LogP contribution in [0.2, 0.25) is 0 Å². The fourth-order valence-electron chi connectivity index (χ4n) is 0.812. The Kier molecular flexibility index (Phi) is 4.52. The second kappa shape index (κ2) is 5.44. The van der Waals surface area contributed by atoms with E-state index in [1.54, 1.807) is 0 Å². The van der Waals surface area contributed by atoms with Gasteiger partial charge in [-0.05, 0) is 19.6 Å². The van der Waals surface area contributed by atoms with E-state index >= 15 is 0 Å². The van der Waals surface area contributed by atoms with Gasteiger partial charge in [0, 0.05) is 17.6 Å². The highest BCUT2D eigenvalue weighted by molar-refractivity contribution is 7.98. The first-order valence-corrected chi connectivity index (χ1v) is 6.32. The number of anilines is 1. The van der Waals surface area contributed by atoms with Crippen LogP contribution in [-0.2, 0) is 5.75 Å². The monoisotopic (exact) mass is 217 g/mol. The van der Waals surface area contributed by atoms with E-state index in [9.17, 15) is 0 Å². The van der Waals surface area contributed by atoms with E-state index in [4.69, 9.17) is 0 Å². The summed E-state index contributed by atoms with van der Waals surface area (Å²) in [6.07, 6.45) is 0. The maximum Gasteiger partial charge on any atom is 0.202 e. The Morgan fingerprint density at radius 3 is 2.92 bits per heavy atom. The molecule has 0 bridgehead atoms. The third-order valence-corrected chi connectivity index (χ3v) is 2.87. The minimum Gasteiger partial charge on any atom is -0.358 e. The van der Waals surface area contributed by atoms with Crippen molar-refractivity contribution in [1.82, 2.24) is 9.36 Å². The summed E-state index contributed by atoms with van der Waals surface area (Å²) < 4.78 is 4.25. The molecule has 0 atom stereocenters. The number of aromatic nitrogens is 2. The van der Waals surface area contributed by atoms with Crippen LogP contribution in [0.4, 0.5) is 5.13 Å². The molecule has 1 rings (SSSR count). The molecule has 0 spiro atoms. The van der Waals surface area contributed by atoms with E-state index in [0.717, 1.165) is 22.5 Å². The van der Waals surface area contributed by atoms with Crippen LogP contribution in [0.3, 0.4) is 0 Å². The first kappa shape index (κ1) is 10.8. The Morgan fingerprint density at radius 2 is 2.31 bits per heavy atom. The van der Waals surface area contributed by atoms with Crippen LogP contribution >= 0.6 is 23.3 Å². The Hall–Kier alpha value is -0.290. The average Bonchev–Trinajstić information content (AvgIpc) is 2.48. The first-order chi connectivity index (χ1) is 6.22. The quantitative estimate of drug-likeness (QED) is 0.822. The number of hydrogen-bond donors (Lipinski definition) is 1. The highest BCUT2D eigenvalue weighted by Crippen LogP contribution is 2.15. The molecule has 1 aromatic heterocycles. The summed E-state index contributed by atoms with van der Waals surface area (Å²) in [5.74, 6) is 2.99. The molecule has 0 unspecified atom stereocenters. The SMILES string of the molecule is CCSCc1nsc(NC(C)C)n1. The van der Waals surface area contributed by atoms with Crippen LogP contribution in [0, 0.1) is 0 Å². The topological polar surface area (TPSA) is 37.8 Å². The molecule has 1 heterocycles. The zero-order chi connectivity index (χ0) is 9.68. The molecule has 0 aliphatic rings. The highest BCUT2D eigenvalue weighted by atomic mass is 32.2. The van der Waals surface area contributed by atoms with Gasteiger partial charge in [-0.2, -0.15) is 16.1 Å². The first-order valence-electron chi connectivity index (χ1n) is 4.39. The van der Waals surface area contributed by atoms with Crippen molar-refractivity contribution in [3.8, 4) is 0 Å². The van der Waals surface area contributed by atoms with E-state index in [1.807, 2.05) is 11.8 Å². The number of nitrogens with one attached hydrogen (secondary N) is 1. The molecule has 0 aliphatic heterocycles. The van der Waals surface area contributed by atoms with Gasteiger partial charge in [0.15, 0.2) is 5.82 Å². The molecule has 3 nitrogen and oxygen atoms in total. The van der Waals surface area contributed by atoms with Gasteiger partial charge in [-0.15, -0.1) is 0 Å². The molecule has 0 aromatic carbocycles.